The standard InChI is InChI=1S/C19H22ClN3O/c20-16-5-7-17(8-6-16)22-19(24)21-12-11-15-3-9-18(10-4-15)23-13-1-2-14-23/h3-10H,1-2,11-14H2,(H2,21,22,24). The maximum Gasteiger partial charge on any atom is 0.319 e. The molecule has 2 N–H and O–H groups in total. The van der Waals surface area contributed by atoms with E-state index in [9.17, 15) is 4.79 Å². The van der Waals surface area contributed by atoms with E-state index in [0.29, 0.717) is 11.6 Å². The van der Waals surface area contributed by atoms with Gasteiger partial charge in [-0.05, 0) is 61.2 Å². The molecule has 0 aromatic heterocycles. The molecule has 1 fully saturated rings. The molecule has 2 amide bonds. The first-order chi connectivity index (χ1) is 11.7. The van der Waals surface area contributed by atoms with Gasteiger partial charge in [0.1, 0.15) is 0 Å². The molecule has 1 aliphatic rings. The molecule has 0 spiro atoms. The molecule has 1 saturated heterocycles. The van der Waals surface area contributed by atoms with Gasteiger partial charge < -0.3 is 15.5 Å². The van der Waals surface area contributed by atoms with E-state index in [1.54, 1.807) is 24.3 Å². The summed E-state index contributed by atoms with van der Waals surface area (Å²) in [6.07, 6.45) is 3.39. The van der Waals surface area contributed by atoms with E-state index in [2.05, 4.69) is 39.8 Å². The number of benzene rings is 2. The molecule has 3 rings (SSSR count). The van der Waals surface area contributed by atoms with Crippen LogP contribution in [0.2, 0.25) is 5.02 Å². The highest BCUT2D eigenvalue weighted by atomic mass is 35.5. The minimum atomic E-state index is -0.203. The zero-order valence-corrected chi connectivity index (χ0v) is 14.4. The van der Waals surface area contributed by atoms with Crippen LogP contribution in [0, 0.1) is 0 Å². The Kier molecular flexibility index (Phi) is 5.59. The maximum absolute atomic E-state index is 11.9. The number of nitrogens with one attached hydrogen (secondary N) is 2. The van der Waals surface area contributed by atoms with E-state index in [1.807, 2.05) is 0 Å². The molecule has 0 radical (unpaired) electrons. The highest BCUT2D eigenvalue weighted by molar-refractivity contribution is 6.30. The Morgan fingerprint density at radius 2 is 1.67 bits per heavy atom. The second-order valence-electron chi connectivity index (χ2n) is 6.00. The van der Waals surface area contributed by atoms with Gasteiger partial charge >= 0.3 is 6.03 Å². The number of amides is 2. The van der Waals surface area contributed by atoms with Gasteiger partial charge in [0.15, 0.2) is 0 Å². The smallest absolute Gasteiger partial charge is 0.319 e. The summed E-state index contributed by atoms with van der Waals surface area (Å²) in [6.45, 7) is 2.92. The summed E-state index contributed by atoms with van der Waals surface area (Å²) in [7, 11) is 0. The molecule has 1 aliphatic heterocycles. The summed E-state index contributed by atoms with van der Waals surface area (Å²) in [5.74, 6) is 0. The van der Waals surface area contributed by atoms with Crippen molar-refractivity contribution < 1.29 is 4.79 Å². The summed E-state index contributed by atoms with van der Waals surface area (Å²) >= 11 is 5.82. The van der Waals surface area contributed by atoms with E-state index in [4.69, 9.17) is 11.6 Å². The van der Waals surface area contributed by atoms with Crippen LogP contribution in [0.1, 0.15) is 18.4 Å². The third-order valence-electron chi connectivity index (χ3n) is 4.21. The molecule has 0 aliphatic carbocycles. The van der Waals surface area contributed by atoms with Gasteiger partial charge in [0.05, 0.1) is 0 Å². The van der Waals surface area contributed by atoms with Gasteiger partial charge in [-0.2, -0.15) is 0 Å². The van der Waals surface area contributed by atoms with Gasteiger partial charge in [0.25, 0.3) is 0 Å². The molecule has 2 aromatic rings. The number of anilines is 2. The van der Waals surface area contributed by atoms with Crippen LogP contribution in [0.4, 0.5) is 16.2 Å². The summed E-state index contributed by atoms with van der Waals surface area (Å²) in [5, 5.41) is 6.31. The number of urea groups is 1. The molecule has 126 valence electrons. The minimum absolute atomic E-state index is 0.203. The number of halogens is 1. The van der Waals surface area contributed by atoms with E-state index < -0.39 is 0 Å². The topological polar surface area (TPSA) is 44.4 Å². The SMILES string of the molecule is O=C(NCCc1ccc(N2CCCC2)cc1)Nc1ccc(Cl)cc1. The van der Waals surface area contributed by atoms with E-state index in [1.165, 1.54) is 24.1 Å². The van der Waals surface area contributed by atoms with Crippen LogP contribution in [-0.2, 0) is 6.42 Å². The molecule has 0 atom stereocenters. The first-order valence-electron chi connectivity index (χ1n) is 8.35. The highest BCUT2D eigenvalue weighted by Gasteiger charge is 2.11. The Bertz CT molecular complexity index is 664. The lowest BCUT2D eigenvalue weighted by atomic mass is 10.1. The van der Waals surface area contributed by atoms with Crippen molar-refractivity contribution in [2.75, 3.05) is 29.9 Å². The molecular weight excluding hydrogens is 322 g/mol. The summed E-state index contributed by atoms with van der Waals surface area (Å²) in [4.78, 5) is 14.3. The Balaban J connectivity index is 1.42. The molecule has 5 heteroatoms. The zero-order chi connectivity index (χ0) is 16.8. The number of hydrogen-bond donors (Lipinski definition) is 2. The minimum Gasteiger partial charge on any atom is -0.372 e. The van der Waals surface area contributed by atoms with Crippen molar-refractivity contribution in [3.05, 3.63) is 59.1 Å². The predicted molar refractivity (Wildman–Crippen MR) is 100 cm³/mol. The Morgan fingerprint density at radius 1 is 1.00 bits per heavy atom. The third kappa shape index (κ3) is 4.65. The lowest BCUT2D eigenvalue weighted by molar-refractivity contribution is 0.252. The summed E-state index contributed by atoms with van der Waals surface area (Å²) in [6, 6.07) is 15.5. The zero-order valence-electron chi connectivity index (χ0n) is 13.6. The predicted octanol–water partition coefficient (Wildman–Crippen LogP) is 4.30. The van der Waals surface area contributed by atoms with Gasteiger partial charge in [-0.1, -0.05) is 23.7 Å². The Hall–Kier alpha value is -2.20. The van der Waals surface area contributed by atoms with Crippen LogP contribution in [0.15, 0.2) is 48.5 Å². The third-order valence-corrected chi connectivity index (χ3v) is 4.46. The summed E-state index contributed by atoms with van der Waals surface area (Å²) < 4.78 is 0. The summed E-state index contributed by atoms with van der Waals surface area (Å²) in [5.41, 5.74) is 3.25. The number of nitrogens with zero attached hydrogens (tertiary/aromatic N) is 1. The number of rotatable bonds is 5. The van der Waals surface area contributed by atoms with Crippen molar-refractivity contribution in [1.82, 2.24) is 5.32 Å². The largest absolute Gasteiger partial charge is 0.372 e. The van der Waals surface area contributed by atoms with Crippen LogP contribution in [0.25, 0.3) is 0 Å². The fourth-order valence-electron chi connectivity index (χ4n) is 2.88. The van der Waals surface area contributed by atoms with Crippen LogP contribution < -0.4 is 15.5 Å². The molecule has 0 bridgehead atoms. The average molecular weight is 344 g/mol. The fourth-order valence-corrected chi connectivity index (χ4v) is 3.00. The number of carbonyl (C=O) groups excluding carboxylic acids is 1. The van der Waals surface area contributed by atoms with Crippen molar-refractivity contribution in [2.45, 2.75) is 19.3 Å². The van der Waals surface area contributed by atoms with E-state index in [0.717, 1.165) is 25.2 Å². The molecule has 0 unspecified atom stereocenters. The lowest BCUT2D eigenvalue weighted by Crippen LogP contribution is -2.30. The quantitative estimate of drug-likeness (QED) is 0.849. The monoisotopic (exact) mass is 343 g/mol. The van der Waals surface area contributed by atoms with Crippen molar-refractivity contribution in [1.29, 1.82) is 0 Å². The molecule has 4 nitrogen and oxygen atoms in total. The van der Waals surface area contributed by atoms with E-state index in [-0.39, 0.29) is 6.03 Å². The van der Waals surface area contributed by atoms with Crippen molar-refractivity contribution in [3.8, 4) is 0 Å². The second kappa shape index (κ2) is 8.06. The van der Waals surface area contributed by atoms with Crippen molar-refractivity contribution in [2.24, 2.45) is 0 Å². The molecule has 1 heterocycles. The molecule has 2 aromatic carbocycles. The maximum atomic E-state index is 11.9. The number of carbonyl (C=O) groups is 1. The Labute approximate surface area is 147 Å². The lowest BCUT2D eigenvalue weighted by Gasteiger charge is -2.17. The molecular formula is C19H22ClN3O. The second-order valence-corrected chi connectivity index (χ2v) is 6.43. The average Bonchev–Trinajstić information content (AvgIpc) is 3.12. The van der Waals surface area contributed by atoms with Crippen LogP contribution in [0.5, 0.6) is 0 Å². The van der Waals surface area contributed by atoms with Gasteiger partial charge in [0, 0.05) is 36.0 Å². The van der Waals surface area contributed by atoms with Crippen molar-refractivity contribution in [3.63, 3.8) is 0 Å². The van der Waals surface area contributed by atoms with Crippen LogP contribution in [-0.4, -0.2) is 25.7 Å². The van der Waals surface area contributed by atoms with Gasteiger partial charge in [-0.15, -0.1) is 0 Å². The van der Waals surface area contributed by atoms with Crippen LogP contribution >= 0.6 is 11.6 Å². The van der Waals surface area contributed by atoms with Gasteiger partial charge in [-0.25, -0.2) is 4.79 Å². The van der Waals surface area contributed by atoms with Gasteiger partial charge in [0.2, 0.25) is 0 Å². The number of hydrogen-bond acceptors (Lipinski definition) is 2. The normalized spacial score (nSPS) is 13.8. The Morgan fingerprint density at radius 3 is 2.33 bits per heavy atom. The molecule has 0 saturated carbocycles. The first kappa shape index (κ1) is 16.7. The first-order valence-corrected chi connectivity index (χ1v) is 8.73. The van der Waals surface area contributed by atoms with Crippen molar-refractivity contribution >= 4 is 29.0 Å². The van der Waals surface area contributed by atoms with Gasteiger partial charge in [-0.3, -0.25) is 0 Å². The fraction of sp³-hybridized carbons (Fsp3) is 0.316. The van der Waals surface area contributed by atoms with Crippen LogP contribution in [0.3, 0.4) is 0 Å². The highest BCUT2D eigenvalue weighted by Crippen LogP contribution is 2.20. The van der Waals surface area contributed by atoms with E-state index >= 15 is 0 Å². The molecule has 24 heavy (non-hydrogen) atoms.